The van der Waals surface area contributed by atoms with Gasteiger partial charge >= 0.3 is 0 Å². The molecule has 2 N–H and O–H groups in total. The van der Waals surface area contributed by atoms with E-state index in [1.807, 2.05) is 18.2 Å². The third kappa shape index (κ3) is 2.97. The Morgan fingerprint density at radius 3 is 2.72 bits per heavy atom. The highest BCUT2D eigenvalue weighted by Crippen LogP contribution is 2.17. The molecule has 0 aliphatic heterocycles. The fourth-order valence-corrected chi connectivity index (χ4v) is 1.86. The number of nitrogens with zero attached hydrogens (tertiary/aromatic N) is 3. The monoisotopic (exact) mass is 242 g/mol. The first kappa shape index (κ1) is 12.4. The fraction of sp³-hybridized carbons (Fsp3) is 0.286. The van der Waals surface area contributed by atoms with Crippen molar-refractivity contribution in [2.75, 3.05) is 10.6 Å². The minimum absolute atomic E-state index is 0.350. The van der Waals surface area contributed by atoms with Crippen LogP contribution in [0.1, 0.15) is 19.4 Å². The normalized spacial score (nSPS) is 10.6. The van der Waals surface area contributed by atoms with E-state index in [2.05, 4.69) is 34.8 Å². The average molecular weight is 242 g/mol. The molecule has 2 rings (SSSR count). The van der Waals surface area contributed by atoms with Crippen LogP contribution >= 0.6 is 0 Å². The topological polar surface area (TPSA) is 55.0 Å². The van der Waals surface area contributed by atoms with Crippen molar-refractivity contribution in [3.05, 3.63) is 48.4 Å². The van der Waals surface area contributed by atoms with Crippen molar-refractivity contribution in [3.8, 4) is 0 Å². The minimum atomic E-state index is 0.350. The van der Waals surface area contributed by atoms with E-state index in [4.69, 9.17) is 5.73 Å². The van der Waals surface area contributed by atoms with Crippen molar-refractivity contribution in [2.45, 2.75) is 26.4 Å². The zero-order chi connectivity index (χ0) is 13.0. The van der Waals surface area contributed by atoms with Gasteiger partial charge in [-0.15, -0.1) is 0 Å². The molecule has 4 heteroatoms. The van der Waals surface area contributed by atoms with Gasteiger partial charge in [0.25, 0.3) is 0 Å². The zero-order valence-electron chi connectivity index (χ0n) is 10.7. The molecule has 1 aromatic carbocycles. The summed E-state index contributed by atoms with van der Waals surface area (Å²) in [6.07, 6.45) is 5.18. The first-order valence-electron chi connectivity index (χ1n) is 6.04. The highest BCUT2D eigenvalue weighted by molar-refractivity contribution is 5.44. The van der Waals surface area contributed by atoms with Crippen LogP contribution in [-0.4, -0.2) is 16.0 Å². The second-order valence-corrected chi connectivity index (χ2v) is 4.53. The number of rotatable bonds is 4. The molecule has 0 spiro atoms. The molecular weight excluding hydrogens is 224 g/mol. The minimum Gasteiger partial charge on any atom is -0.399 e. The molecule has 1 aromatic heterocycles. The van der Waals surface area contributed by atoms with Gasteiger partial charge in [0.15, 0.2) is 0 Å². The van der Waals surface area contributed by atoms with Crippen LogP contribution in [0.3, 0.4) is 0 Å². The molecule has 0 fully saturated rings. The lowest BCUT2D eigenvalue weighted by Crippen LogP contribution is -2.31. The molecule has 0 saturated carbocycles. The molecule has 94 valence electrons. The van der Waals surface area contributed by atoms with E-state index in [9.17, 15) is 0 Å². The second kappa shape index (κ2) is 5.49. The fourth-order valence-electron chi connectivity index (χ4n) is 1.86. The number of hydrogen-bond acceptors (Lipinski definition) is 4. The van der Waals surface area contributed by atoms with Crippen LogP contribution in [-0.2, 0) is 6.54 Å². The lowest BCUT2D eigenvalue weighted by molar-refractivity contribution is 0.670. The van der Waals surface area contributed by atoms with Gasteiger partial charge in [-0.2, -0.15) is 0 Å². The van der Waals surface area contributed by atoms with Gasteiger partial charge in [0, 0.05) is 30.7 Å². The van der Waals surface area contributed by atoms with Crippen LogP contribution in [0.15, 0.2) is 42.9 Å². The van der Waals surface area contributed by atoms with Crippen molar-refractivity contribution in [2.24, 2.45) is 0 Å². The third-order valence-corrected chi connectivity index (χ3v) is 2.77. The number of aromatic nitrogens is 2. The SMILES string of the molecule is CC(C)N(Cc1cccc(N)c1)c1cnccn1. The predicted molar refractivity (Wildman–Crippen MR) is 74.2 cm³/mol. The van der Waals surface area contributed by atoms with Gasteiger partial charge in [-0.05, 0) is 31.5 Å². The van der Waals surface area contributed by atoms with Crippen molar-refractivity contribution >= 4 is 11.5 Å². The first-order chi connectivity index (χ1) is 8.66. The van der Waals surface area contributed by atoms with Crippen LogP contribution < -0.4 is 10.6 Å². The number of nitrogen functional groups attached to an aromatic ring is 1. The maximum atomic E-state index is 5.80. The number of anilines is 2. The van der Waals surface area contributed by atoms with Gasteiger partial charge in [0.2, 0.25) is 0 Å². The van der Waals surface area contributed by atoms with Crippen molar-refractivity contribution in [3.63, 3.8) is 0 Å². The molecule has 18 heavy (non-hydrogen) atoms. The summed E-state index contributed by atoms with van der Waals surface area (Å²) in [5, 5.41) is 0. The molecule has 0 aliphatic carbocycles. The largest absolute Gasteiger partial charge is 0.399 e. The summed E-state index contributed by atoms with van der Waals surface area (Å²) in [4.78, 5) is 10.7. The summed E-state index contributed by atoms with van der Waals surface area (Å²) in [5.74, 6) is 0.884. The maximum absolute atomic E-state index is 5.80. The van der Waals surface area contributed by atoms with Crippen LogP contribution in [0.5, 0.6) is 0 Å². The lowest BCUT2D eigenvalue weighted by Gasteiger charge is -2.27. The molecule has 2 aromatic rings. The van der Waals surface area contributed by atoms with E-state index < -0.39 is 0 Å². The molecule has 0 radical (unpaired) electrons. The van der Waals surface area contributed by atoms with Gasteiger partial charge in [-0.3, -0.25) is 4.98 Å². The second-order valence-electron chi connectivity index (χ2n) is 4.53. The molecule has 0 saturated heterocycles. The van der Waals surface area contributed by atoms with Gasteiger partial charge in [-0.1, -0.05) is 12.1 Å². The first-order valence-corrected chi connectivity index (χ1v) is 6.04. The molecule has 0 amide bonds. The molecule has 4 nitrogen and oxygen atoms in total. The van der Waals surface area contributed by atoms with Crippen LogP contribution in [0.2, 0.25) is 0 Å². The summed E-state index contributed by atoms with van der Waals surface area (Å²) >= 11 is 0. The van der Waals surface area contributed by atoms with Crippen LogP contribution in [0.25, 0.3) is 0 Å². The van der Waals surface area contributed by atoms with Gasteiger partial charge < -0.3 is 10.6 Å². The quantitative estimate of drug-likeness (QED) is 0.837. The van der Waals surface area contributed by atoms with Crippen molar-refractivity contribution in [1.82, 2.24) is 9.97 Å². The molecule has 1 heterocycles. The molecular formula is C14H18N4. The van der Waals surface area contributed by atoms with Crippen LogP contribution in [0, 0.1) is 0 Å². The van der Waals surface area contributed by atoms with Gasteiger partial charge in [-0.25, -0.2) is 4.98 Å². The Morgan fingerprint density at radius 1 is 1.28 bits per heavy atom. The maximum Gasteiger partial charge on any atom is 0.147 e. The van der Waals surface area contributed by atoms with E-state index in [0.29, 0.717) is 6.04 Å². The van der Waals surface area contributed by atoms with E-state index in [0.717, 1.165) is 18.1 Å². The van der Waals surface area contributed by atoms with Crippen molar-refractivity contribution < 1.29 is 0 Å². The molecule has 0 aliphatic rings. The summed E-state index contributed by atoms with van der Waals surface area (Å²) in [6.45, 7) is 5.06. The number of benzene rings is 1. The Kier molecular flexibility index (Phi) is 3.77. The highest BCUT2D eigenvalue weighted by Gasteiger charge is 2.12. The Labute approximate surface area is 107 Å². The van der Waals surface area contributed by atoms with E-state index >= 15 is 0 Å². The van der Waals surface area contributed by atoms with E-state index in [1.165, 1.54) is 5.56 Å². The highest BCUT2D eigenvalue weighted by atomic mass is 15.2. The van der Waals surface area contributed by atoms with Gasteiger partial charge in [0.1, 0.15) is 5.82 Å². The van der Waals surface area contributed by atoms with E-state index in [-0.39, 0.29) is 0 Å². The summed E-state index contributed by atoms with van der Waals surface area (Å²) in [5.41, 5.74) is 7.77. The summed E-state index contributed by atoms with van der Waals surface area (Å²) < 4.78 is 0. The average Bonchev–Trinajstić information content (AvgIpc) is 2.37. The standard InChI is InChI=1S/C14H18N4/c1-11(2)18(14-9-16-6-7-17-14)10-12-4-3-5-13(15)8-12/h3-9,11H,10,15H2,1-2H3. The zero-order valence-corrected chi connectivity index (χ0v) is 10.7. The lowest BCUT2D eigenvalue weighted by atomic mass is 10.1. The van der Waals surface area contributed by atoms with E-state index in [1.54, 1.807) is 18.6 Å². The van der Waals surface area contributed by atoms with Crippen molar-refractivity contribution in [1.29, 1.82) is 0 Å². The molecule has 0 atom stereocenters. The molecule has 0 unspecified atom stereocenters. The van der Waals surface area contributed by atoms with Crippen LogP contribution in [0.4, 0.5) is 11.5 Å². The Morgan fingerprint density at radius 2 is 2.11 bits per heavy atom. The predicted octanol–water partition coefficient (Wildman–Crippen LogP) is 2.47. The van der Waals surface area contributed by atoms with Gasteiger partial charge in [0.05, 0.1) is 6.20 Å². The summed E-state index contributed by atoms with van der Waals surface area (Å²) in [7, 11) is 0. The molecule has 0 bridgehead atoms. The Hall–Kier alpha value is -2.10. The Balaban J connectivity index is 2.22. The number of nitrogens with two attached hydrogens (primary N) is 1. The smallest absolute Gasteiger partial charge is 0.147 e. The number of hydrogen-bond donors (Lipinski definition) is 1. The third-order valence-electron chi connectivity index (χ3n) is 2.77. The Bertz CT molecular complexity index is 496. The summed E-state index contributed by atoms with van der Waals surface area (Å²) in [6, 6.07) is 8.28.